The molecule has 0 bridgehead atoms. The standard InChI is InChI=1S/C2H4.CH3NS2.Mn/c1-2;2-1(3)4;/h1-2H2;(H3,2,3,4);. The first-order chi connectivity index (χ1) is 2.73. The first kappa shape index (κ1) is 15.6. The molecular weight excluding hydrogens is 169 g/mol. The summed E-state index contributed by atoms with van der Waals surface area (Å²) < 4.78 is 0.194. The molecular formula is C3H7MnNS2. The first-order valence-corrected chi connectivity index (χ1v) is 2.07. The summed E-state index contributed by atoms with van der Waals surface area (Å²) in [6.07, 6.45) is 0. The summed E-state index contributed by atoms with van der Waals surface area (Å²) in [5.74, 6) is 0. The monoisotopic (exact) mass is 176 g/mol. The van der Waals surface area contributed by atoms with E-state index in [1.807, 2.05) is 0 Å². The molecule has 0 aromatic carbocycles. The number of thiol groups is 1. The van der Waals surface area contributed by atoms with Crippen molar-refractivity contribution < 1.29 is 17.1 Å². The van der Waals surface area contributed by atoms with Gasteiger partial charge in [0.05, 0.1) is 0 Å². The van der Waals surface area contributed by atoms with E-state index in [0.717, 1.165) is 0 Å². The first-order valence-electron chi connectivity index (χ1n) is 1.22. The molecule has 0 spiro atoms. The van der Waals surface area contributed by atoms with Gasteiger partial charge in [0.15, 0.2) is 0 Å². The Hall–Kier alpha value is 0.499. The Balaban J connectivity index is -0.0000000480. The molecule has 4 heteroatoms. The van der Waals surface area contributed by atoms with Crippen molar-refractivity contribution in [2.75, 3.05) is 0 Å². The summed E-state index contributed by atoms with van der Waals surface area (Å²) in [5, 5.41) is 0. The van der Waals surface area contributed by atoms with Crippen molar-refractivity contribution in [3.8, 4) is 0 Å². The van der Waals surface area contributed by atoms with Gasteiger partial charge in [0.2, 0.25) is 0 Å². The summed E-state index contributed by atoms with van der Waals surface area (Å²) in [7, 11) is 0. The molecule has 43 valence electrons. The second-order valence-corrected chi connectivity index (χ2v) is 1.56. The van der Waals surface area contributed by atoms with E-state index < -0.39 is 0 Å². The van der Waals surface area contributed by atoms with Gasteiger partial charge >= 0.3 is 0 Å². The molecule has 7 heavy (non-hydrogen) atoms. The van der Waals surface area contributed by atoms with Crippen LogP contribution in [0, 0.1) is 0 Å². The molecule has 0 unspecified atom stereocenters. The van der Waals surface area contributed by atoms with Crippen molar-refractivity contribution in [3.63, 3.8) is 0 Å². The molecule has 0 saturated heterocycles. The molecule has 2 N–H and O–H groups in total. The zero-order chi connectivity index (χ0) is 5.58. The van der Waals surface area contributed by atoms with E-state index in [1.54, 1.807) is 0 Å². The van der Waals surface area contributed by atoms with Gasteiger partial charge in [-0.25, -0.2) is 0 Å². The van der Waals surface area contributed by atoms with Crippen LogP contribution >= 0.6 is 24.8 Å². The van der Waals surface area contributed by atoms with Crippen LogP contribution in [0.4, 0.5) is 0 Å². The van der Waals surface area contributed by atoms with E-state index in [-0.39, 0.29) is 21.4 Å². The van der Waals surface area contributed by atoms with E-state index in [0.29, 0.717) is 0 Å². The minimum atomic E-state index is 0. The SMILES string of the molecule is C=C.NC(=S)S.[Mn]. The molecule has 0 atom stereocenters. The topological polar surface area (TPSA) is 26.0 Å². The third-order valence-electron chi connectivity index (χ3n) is 0. The fourth-order valence-corrected chi connectivity index (χ4v) is 0. The maximum atomic E-state index is 4.71. The van der Waals surface area contributed by atoms with Crippen LogP contribution in [0.25, 0.3) is 0 Å². The number of hydrogen-bond acceptors (Lipinski definition) is 1. The van der Waals surface area contributed by atoms with Crippen LogP contribution < -0.4 is 5.73 Å². The minimum absolute atomic E-state index is 0. The van der Waals surface area contributed by atoms with E-state index >= 15 is 0 Å². The average Bonchev–Trinajstić information content (AvgIpc) is 1.41. The fourth-order valence-electron chi connectivity index (χ4n) is 0. The number of thiocarbonyl (C=S) groups is 1. The molecule has 0 aromatic rings. The van der Waals surface area contributed by atoms with Crippen LogP contribution in [-0.4, -0.2) is 4.32 Å². The maximum Gasteiger partial charge on any atom is 0.128 e. The Morgan fingerprint density at radius 2 is 1.57 bits per heavy atom. The van der Waals surface area contributed by atoms with Gasteiger partial charge in [-0.3, -0.25) is 0 Å². The second kappa shape index (κ2) is 16.1. The third kappa shape index (κ3) is 527. The van der Waals surface area contributed by atoms with E-state index in [1.165, 1.54) is 0 Å². The zero-order valence-corrected chi connectivity index (χ0v) is 6.62. The smallest absolute Gasteiger partial charge is 0.128 e. The number of rotatable bonds is 0. The fraction of sp³-hybridized carbons (Fsp3) is 0. The summed E-state index contributed by atoms with van der Waals surface area (Å²) in [6.45, 7) is 6.00. The Morgan fingerprint density at radius 1 is 1.57 bits per heavy atom. The molecule has 1 radical (unpaired) electrons. The predicted molar refractivity (Wildman–Crippen MR) is 37.0 cm³/mol. The minimum Gasteiger partial charge on any atom is -0.385 e. The van der Waals surface area contributed by atoms with Gasteiger partial charge in [0.1, 0.15) is 4.32 Å². The van der Waals surface area contributed by atoms with Crippen LogP contribution in [0.3, 0.4) is 0 Å². The van der Waals surface area contributed by atoms with E-state index in [9.17, 15) is 0 Å². The molecule has 0 aromatic heterocycles. The molecule has 0 heterocycles. The van der Waals surface area contributed by atoms with Crippen LogP contribution in [0.5, 0.6) is 0 Å². The molecule has 0 aliphatic rings. The van der Waals surface area contributed by atoms with Crippen LogP contribution in [0.2, 0.25) is 0 Å². The number of nitrogens with two attached hydrogens (primary N) is 1. The Kier molecular flexibility index (Phi) is 35.9. The Morgan fingerprint density at radius 3 is 1.57 bits per heavy atom. The van der Waals surface area contributed by atoms with Crippen molar-refractivity contribution in [1.82, 2.24) is 0 Å². The summed E-state index contributed by atoms with van der Waals surface area (Å²) in [5.41, 5.74) is 4.71. The van der Waals surface area contributed by atoms with Gasteiger partial charge in [-0.1, -0.05) is 12.2 Å². The summed E-state index contributed by atoms with van der Waals surface area (Å²) in [6, 6.07) is 0. The normalized spacial score (nSPS) is 4.14. The summed E-state index contributed by atoms with van der Waals surface area (Å²) in [4.78, 5) is 0. The molecule has 0 aliphatic carbocycles. The van der Waals surface area contributed by atoms with Gasteiger partial charge in [0, 0.05) is 17.1 Å². The van der Waals surface area contributed by atoms with Crippen LogP contribution in [0.1, 0.15) is 0 Å². The van der Waals surface area contributed by atoms with E-state index in [4.69, 9.17) is 5.73 Å². The van der Waals surface area contributed by atoms with Crippen molar-refractivity contribution in [1.29, 1.82) is 0 Å². The van der Waals surface area contributed by atoms with Crippen molar-refractivity contribution in [3.05, 3.63) is 13.2 Å². The van der Waals surface area contributed by atoms with Crippen LogP contribution in [-0.2, 0) is 17.1 Å². The van der Waals surface area contributed by atoms with Gasteiger partial charge in [-0.2, -0.15) is 0 Å². The Labute approximate surface area is 65.2 Å². The second-order valence-electron chi connectivity index (χ2n) is 0.338. The van der Waals surface area contributed by atoms with Gasteiger partial charge in [-0.15, -0.1) is 25.8 Å². The van der Waals surface area contributed by atoms with Crippen LogP contribution in [0.15, 0.2) is 13.2 Å². The number of hydrogen-bond donors (Lipinski definition) is 2. The molecule has 0 fully saturated rings. The third-order valence-corrected chi connectivity index (χ3v) is 0. The predicted octanol–water partition coefficient (Wildman–Crippen LogP) is 0.960. The quantitative estimate of drug-likeness (QED) is 0.249. The molecule has 0 saturated carbocycles. The molecule has 0 amide bonds. The zero-order valence-electron chi connectivity index (χ0n) is 3.72. The molecule has 0 rings (SSSR count). The van der Waals surface area contributed by atoms with Gasteiger partial charge in [0.25, 0.3) is 0 Å². The van der Waals surface area contributed by atoms with Gasteiger partial charge in [-0.05, 0) is 0 Å². The Bertz CT molecular complexity index is 44.2. The maximum absolute atomic E-state index is 4.71. The molecule has 1 nitrogen and oxygen atoms in total. The average molecular weight is 176 g/mol. The van der Waals surface area contributed by atoms with E-state index in [2.05, 4.69) is 38.0 Å². The van der Waals surface area contributed by atoms with Crippen molar-refractivity contribution in [2.24, 2.45) is 5.73 Å². The van der Waals surface area contributed by atoms with Crippen molar-refractivity contribution in [2.45, 2.75) is 0 Å². The van der Waals surface area contributed by atoms with Crippen molar-refractivity contribution >= 4 is 29.2 Å². The van der Waals surface area contributed by atoms with Gasteiger partial charge < -0.3 is 5.73 Å². The molecule has 0 aliphatic heterocycles. The largest absolute Gasteiger partial charge is 0.385 e. The summed E-state index contributed by atoms with van der Waals surface area (Å²) >= 11 is 7.65.